The van der Waals surface area contributed by atoms with Crippen LogP contribution in [0.4, 0.5) is 5.69 Å². The van der Waals surface area contributed by atoms with Crippen LogP contribution in [-0.4, -0.2) is 63.7 Å². The number of nitrogens with zero attached hydrogens (tertiary/aromatic N) is 2. The summed E-state index contributed by atoms with van der Waals surface area (Å²) in [6.07, 6.45) is 2.32. The maximum Gasteiger partial charge on any atom is 0.228 e. The van der Waals surface area contributed by atoms with Crippen LogP contribution < -0.4 is 19.7 Å². The summed E-state index contributed by atoms with van der Waals surface area (Å²) in [4.78, 5) is 29.0. The molecule has 8 heteroatoms. The maximum atomic E-state index is 12.9. The number of halogens is 1. The molecule has 3 rings (SSSR count). The van der Waals surface area contributed by atoms with Crippen molar-refractivity contribution in [3.63, 3.8) is 0 Å². The lowest BCUT2D eigenvalue weighted by molar-refractivity contribution is -0.137. The van der Waals surface area contributed by atoms with Crippen molar-refractivity contribution in [1.29, 1.82) is 0 Å². The van der Waals surface area contributed by atoms with Crippen LogP contribution >= 0.6 is 12.4 Å². The molecule has 0 aliphatic carbocycles. The Labute approximate surface area is 166 Å². The summed E-state index contributed by atoms with van der Waals surface area (Å²) >= 11 is 0. The van der Waals surface area contributed by atoms with Gasteiger partial charge < -0.3 is 24.6 Å². The van der Waals surface area contributed by atoms with E-state index in [-0.39, 0.29) is 36.6 Å². The van der Waals surface area contributed by atoms with Crippen molar-refractivity contribution >= 4 is 29.9 Å². The number of amides is 2. The quantitative estimate of drug-likeness (QED) is 0.818. The zero-order chi connectivity index (χ0) is 18.7. The first-order chi connectivity index (χ1) is 12.6. The molecule has 0 radical (unpaired) electrons. The summed E-state index contributed by atoms with van der Waals surface area (Å²) in [6, 6.07) is 5.69. The number of methoxy groups -OCH3 is 2. The molecule has 1 aromatic carbocycles. The van der Waals surface area contributed by atoms with Gasteiger partial charge in [0.1, 0.15) is 11.5 Å². The zero-order valence-corrected chi connectivity index (χ0v) is 16.9. The lowest BCUT2D eigenvalue weighted by atomic mass is 10.0. The maximum absolute atomic E-state index is 12.9. The first-order valence-corrected chi connectivity index (χ1v) is 9.05. The summed E-state index contributed by atoms with van der Waals surface area (Å²) in [5, 5.41) is 3.25. The summed E-state index contributed by atoms with van der Waals surface area (Å²) in [5.41, 5.74) is 0.681. The van der Waals surface area contributed by atoms with Crippen LogP contribution in [-0.2, 0) is 9.59 Å². The van der Waals surface area contributed by atoms with Gasteiger partial charge in [-0.2, -0.15) is 0 Å². The van der Waals surface area contributed by atoms with E-state index in [1.54, 1.807) is 37.3 Å². The van der Waals surface area contributed by atoms with Crippen LogP contribution in [0.3, 0.4) is 0 Å². The van der Waals surface area contributed by atoms with E-state index < -0.39 is 0 Å². The number of hydrogen-bond acceptors (Lipinski definition) is 5. The van der Waals surface area contributed by atoms with Crippen molar-refractivity contribution in [3.8, 4) is 11.5 Å². The lowest BCUT2D eigenvalue weighted by Crippen LogP contribution is -2.49. The Morgan fingerprint density at radius 1 is 1.22 bits per heavy atom. The Morgan fingerprint density at radius 3 is 2.67 bits per heavy atom. The SMILES string of the molecule is CNC1CCCN(C(=O)C2CC(=O)N(c3ccc(OC)cc3OC)C2)C1.Cl. The van der Waals surface area contributed by atoms with Crippen LogP contribution in [0.15, 0.2) is 18.2 Å². The van der Waals surface area contributed by atoms with E-state index in [4.69, 9.17) is 9.47 Å². The van der Waals surface area contributed by atoms with Crippen LogP contribution in [0.5, 0.6) is 11.5 Å². The minimum Gasteiger partial charge on any atom is -0.497 e. The Morgan fingerprint density at radius 2 is 2.00 bits per heavy atom. The highest BCUT2D eigenvalue weighted by molar-refractivity contribution is 6.01. The highest BCUT2D eigenvalue weighted by Gasteiger charge is 2.39. The van der Waals surface area contributed by atoms with Gasteiger partial charge in [-0.15, -0.1) is 12.4 Å². The average Bonchev–Trinajstić information content (AvgIpc) is 3.08. The number of carbonyl (C=O) groups is 2. The number of rotatable bonds is 5. The van der Waals surface area contributed by atoms with Gasteiger partial charge in [0.25, 0.3) is 0 Å². The van der Waals surface area contributed by atoms with Gasteiger partial charge in [0.05, 0.1) is 25.8 Å². The molecular weight excluding hydrogens is 370 g/mol. The number of ether oxygens (including phenoxy) is 2. The number of anilines is 1. The van der Waals surface area contributed by atoms with Gasteiger partial charge in [-0.25, -0.2) is 0 Å². The van der Waals surface area contributed by atoms with Gasteiger partial charge in [-0.05, 0) is 32.0 Å². The molecule has 2 unspecified atom stereocenters. The second kappa shape index (κ2) is 9.28. The molecular formula is C19H28ClN3O4. The Bertz CT molecular complexity index is 685. The largest absolute Gasteiger partial charge is 0.497 e. The molecule has 150 valence electrons. The van der Waals surface area contributed by atoms with Crippen molar-refractivity contribution in [1.82, 2.24) is 10.2 Å². The molecule has 27 heavy (non-hydrogen) atoms. The highest BCUT2D eigenvalue weighted by Crippen LogP contribution is 2.36. The number of piperidine rings is 1. The molecule has 0 bridgehead atoms. The Balaban J connectivity index is 0.00000261. The summed E-state index contributed by atoms with van der Waals surface area (Å²) < 4.78 is 10.6. The van der Waals surface area contributed by atoms with Crippen molar-refractivity contribution < 1.29 is 19.1 Å². The second-order valence-corrected chi connectivity index (χ2v) is 6.86. The smallest absolute Gasteiger partial charge is 0.228 e. The van der Waals surface area contributed by atoms with Crippen molar-refractivity contribution in [3.05, 3.63) is 18.2 Å². The predicted molar refractivity (Wildman–Crippen MR) is 106 cm³/mol. The van der Waals surface area contributed by atoms with E-state index in [9.17, 15) is 9.59 Å². The topological polar surface area (TPSA) is 71.1 Å². The van der Waals surface area contributed by atoms with E-state index in [1.165, 1.54) is 0 Å². The van der Waals surface area contributed by atoms with Gasteiger partial charge in [-0.3, -0.25) is 9.59 Å². The molecule has 2 fully saturated rings. The normalized spacial score (nSPS) is 22.4. The monoisotopic (exact) mass is 397 g/mol. The summed E-state index contributed by atoms with van der Waals surface area (Å²) in [6.45, 7) is 1.88. The number of carbonyl (C=O) groups excluding carboxylic acids is 2. The van der Waals surface area contributed by atoms with Crippen LogP contribution in [0.25, 0.3) is 0 Å². The van der Waals surface area contributed by atoms with Crippen molar-refractivity contribution in [2.75, 3.05) is 45.8 Å². The van der Waals surface area contributed by atoms with Gasteiger partial charge in [-0.1, -0.05) is 0 Å². The molecule has 2 heterocycles. The Hall–Kier alpha value is -1.99. The average molecular weight is 398 g/mol. The van der Waals surface area contributed by atoms with E-state index in [1.807, 2.05) is 11.9 Å². The first-order valence-electron chi connectivity index (χ1n) is 9.05. The molecule has 2 amide bonds. The second-order valence-electron chi connectivity index (χ2n) is 6.86. The number of nitrogens with one attached hydrogen (secondary N) is 1. The molecule has 1 aromatic rings. The predicted octanol–water partition coefficient (Wildman–Crippen LogP) is 1.69. The van der Waals surface area contributed by atoms with Crippen molar-refractivity contribution in [2.45, 2.75) is 25.3 Å². The van der Waals surface area contributed by atoms with E-state index in [0.29, 0.717) is 36.3 Å². The molecule has 2 aliphatic heterocycles. The fourth-order valence-electron chi connectivity index (χ4n) is 3.78. The van der Waals surface area contributed by atoms with Crippen LogP contribution in [0.2, 0.25) is 0 Å². The molecule has 2 atom stereocenters. The summed E-state index contributed by atoms with van der Waals surface area (Å²) in [7, 11) is 5.07. The van der Waals surface area contributed by atoms with E-state index in [0.717, 1.165) is 19.4 Å². The molecule has 7 nitrogen and oxygen atoms in total. The molecule has 2 aliphatic rings. The highest BCUT2D eigenvalue weighted by atomic mass is 35.5. The standard InChI is InChI=1S/C19H27N3O4.ClH/c1-20-14-5-4-8-21(12-14)19(24)13-9-18(23)22(11-13)16-7-6-15(25-2)10-17(16)26-3;/h6-7,10,13-14,20H,4-5,8-9,11-12H2,1-3H3;1H. The zero-order valence-electron chi connectivity index (χ0n) is 16.1. The molecule has 0 saturated carbocycles. The van der Waals surface area contributed by atoms with Gasteiger partial charge in [0, 0.05) is 38.2 Å². The lowest BCUT2D eigenvalue weighted by Gasteiger charge is -2.34. The fraction of sp³-hybridized carbons (Fsp3) is 0.579. The van der Waals surface area contributed by atoms with E-state index >= 15 is 0 Å². The third kappa shape index (κ3) is 4.47. The minimum absolute atomic E-state index is 0. The molecule has 1 N–H and O–H groups in total. The number of likely N-dealkylation sites (N-methyl/N-ethyl adjacent to an activating group) is 1. The van der Waals surface area contributed by atoms with Crippen molar-refractivity contribution in [2.24, 2.45) is 5.92 Å². The fourth-order valence-corrected chi connectivity index (χ4v) is 3.78. The summed E-state index contributed by atoms with van der Waals surface area (Å²) in [5.74, 6) is 0.961. The van der Waals surface area contributed by atoms with Gasteiger partial charge in [0.2, 0.25) is 11.8 Å². The van der Waals surface area contributed by atoms with Gasteiger partial charge >= 0.3 is 0 Å². The first kappa shape index (κ1) is 21.3. The number of hydrogen-bond donors (Lipinski definition) is 1. The van der Waals surface area contributed by atoms with Gasteiger partial charge in [0.15, 0.2) is 0 Å². The van der Waals surface area contributed by atoms with Crippen LogP contribution in [0, 0.1) is 5.92 Å². The van der Waals surface area contributed by atoms with Crippen LogP contribution in [0.1, 0.15) is 19.3 Å². The minimum atomic E-state index is -0.301. The van der Waals surface area contributed by atoms with E-state index in [2.05, 4.69) is 5.32 Å². The molecule has 0 aromatic heterocycles. The third-order valence-electron chi connectivity index (χ3n) is 5.29. The third-order valence-corrected chi connectivity index (χ3v) is 5.29. The number of benzene rings is 1. The molecule has 2 saturated heterocycles. The number of likely N-dealkylation sites (tertiary alicyclic amines) is 1. The Kier molecular flexibility index (Phi) is 7.33. The molecule has 0 spiro atoms.